The Labute approximate surface area is 158 Å². The van der Waals surface area contributed by atoms with Crippen LogP contribution in [0.5, 0.6) is 5.75 Å². The Morgan fingerprint density at radius 2 is 1.89 bits per heavy atom. The highest BCUT2D eigenvalue weighted by Gasteiger charge is 2.49. The number of halogens is 3. The molecule has 6 nitrogen and oxygen atoms in total. The first-order chi connectivity index (χ1) is 13.2. The van der Waals surface area contributed by atoms with Crippen LogP contribution in [0.1, 0.15) is 23.6 Å². The molecule has 0 spiro atoms. The van der Waals surface area contributed by atoms with Crippen molar-refractivity contribution in [2.45, 2.75) is 25.6 Å². The summed E-state index contributed by atoms with van der Waals surface area (Å²) in [6.07, 6.45) is 0. The monoisotopic (exact) mass is 389 g/mol. The molecule has 1 unspecified atom stereocenters. The third kappa shape index (κ3) is 3.49. The fraction of sp³-hybridized carbons (Fsp3) is 0.211. The maximum absolute atomic E-state index is 13.3. The van der Waals surface area contributed by atoms with Crippen LogP contribution in [0, 0.1) is 17.1 Å². The van der Waals surface area contributed by atoms with Crippen LogP contribution in [0.4, 0.5) is 18.0 Å². The van der Waals surface area contributed by atoms with Crippen molar-refractivity contribution in [3.8, 4) is 11.8 Å². The fourth-order valence-electron chi connectivity index (χ4n) is 2.97. The number of imide groups is 1. The SMILES string of the molecule is CC1(c2ccc(OC(F)F)cc2)NC(=O)N(Cc2ccc(F)cc2C#N)C1=O. The van der Waals surface area contributed by atoms with E-state index in [4.69, 9.17) is 5.26 Å². The van der Waals surface area contributed by atoms with E-state index in [1.807, 2.05) is 6.07 Å². The van der Waals surface area contributed by atoms with Gasteiger partial charge in [0.25, 0.3) is 5.91 Å². The van der Waals surface area contributed by atoms with Gasteiger partial charge in [-0.05, 0) is 42.3 Å². The molecule has 2 aromatic rings. The highest BCUT2D eigenvalue weighted by molar-refractivity contribution is 6.07. The second kappa shape index (κ2) is 7.23. The largest absolute Gasteiger partial charge is 0.435 e. The van der Waals surface area contributed by atoms with E-state index < -0.39 is 29.9 Å². The summed E-state index contributed by atoms with van der Waals surface area (Å²) in [7, 11) is 0. The average molecular weight is 389 g/mol. The molecule has 1 atom stereocenters. The van der Waals surface area contributed by atoms with Gasteiger partial charge in [-0.2, -0.15) is 14.0 Å². The molecule has 3 rings (SSSR count). The van der Waals surface area contributed by atoms with Gasteiger partial charge >= 0.3 is 12.6 Å². The van der Waals surface area contributed by atoms with Gasteiger partial charge in [0, 0.05) is 0 Å². The van der Waals surface area contributed by atoms with E-state index in [9.17, 15) is 22.8 Å². The number of nitrogens with zero attached hydrogens (tertiary/aromatic N) is 2. The van der Waals surface area contributed by atoms with Gasteiger partial charge < -0.3 is 10.1 Å². The van der Waals surface area contributed by atoms with Crippen molar-refractivity contribution >= 4 is 11.9 Å². The van der Waals surface area contributed by atoms with Crippen molar-refractivity contribution in [2.24, 2.45) is 0 Å². The molecule has 1 heterocycles. The average Bonchev–Trinajstić information content (AvgIpc) is 2.87. The summed E-state index contributed by atoms with van der Waals surface area (Å²) < 4.78 is 42.1. The van der Waals surface area contributed by atoms with E-state index in [-0.39, 0.29) is 17.9 Å². The maximum atomic E-state index is 13.3. The van der Waals surface area contributed by atoms with Gasteiger partial charge in [0.15, 0.2) is 0 Å². The molecule has 0 saturated carbocycles. The topological polar surface area (TPSA) is 82.4 Å². The highest BCUT2D eigenvalue weighted by Crippen LogP contribution is 2.31. The van der Waals surface area contributed by atoms with E-state index in [2.05, 4.69) is 10.1 Å². The lowest BCUT2D eigenvalue weighted by molar-refractivity contribution is -0.131. The third-order valence-electron chi connectivity index (χ3n) is 4.45. The minimum absolute atomic E-state index is 0.0164. The van der Waals surface area contributed by atoms with Gasteiger partial charge in [-0.25, -0.2) is 9.18 Å². The zero-order valence-corrected chi connectivity index (χ0v) is 14.6. The molecule has 0 aromatic heterocycles. The third-order valence-corrected chi connectivity index (χ3v) is 4.45. The molecule has 28 heavy (non-hydrogen) atoms. The van der Waals surface area contributed by atoms with Crippen LogP contribution in [0.15, 0.2) is 42.5 Å². The summed E-state index contributed by atoms with van der Waals surface area (Å²) >= 11 is 0. The number of nitrogens with one attached hydrogen (secondary N) is 1. The van der Waals surface area contributed by atoms with Crippen LogP contribution < -0.4 is 10.1 Å². The Hall–Kier alpha value is -3.54. The molecule has 0 radical (unpaired) electrons. The smallest absolute Gasteiger partial charge is 0.387 e. The van der Waals surface area contributed by atoms with Crippen LogP contribution >= 0.6 is 0 Å². The standard InChI is InChI=1S/C19H14F3N3O3/c1-19(13-3-6-15(7-4-13)28-17(21)22)16(26)25(18(27)24-19)10-11-2-5-14(20)8-12(11)9-23/h2-8,17H,10H2,1H3,(H,24,27). The van der Waals surface area contributed by atoms with Gasteiger partial charge in [-0.15, -0.1) is 0 Å². The first kappa shape index (κ1) is 19.2. The van der Waals surface area contributed by atoms with Crippen molar-refractivity contribution in [3.05, 3.63) is 65.0 Å². The number of alkyl halides is 2. The minimum atomic E-state index is -2.98. The van der Waals surface area contributed by atoms with Crippen molar-refractivity contribution < 1.29 is 27.5 Å². The summed E-state index contributed by atoms with van der Waals surface area (Å²) in [4.78, 5) is 26.2. The first-order valence-electron chi connectivity index (χ1n) is 8.12. The van der Waals surface area contributed by atoms with Gasteiger partial charge in [-0.1, -0.05) is 18.2 Å². The van der Waals surface area contributed by atoms with Gasteiger partial charge in [0.05, 0.1) is 18.2 Å². The number of hydrogen-bond acceptors (Lipinski definition) is 4. The molecule has 144 valence electrons. The maximum Gasteiger partial charge on any atom is 0.387 e. The Bertz CT molecular complexity index is 973. The number of amides is 3. The quantitative estimate of drug-likeness (QED) is 0.796. The van der Waals surface area contributed by atoms with E-state index in [1.165, 1.54) is 37.3 Å². The summed E-state index contributed by atoms with van der Waals surface area (Å²) in [5.74, 6) is -1.28. The highest BCUT2D eigenvalue weighted by atomic mass is 19.3. The summed E-state index contributed by atoms with van der Waals surface area (Å²) in [6, 6.07) is 9.97. The number of benzene rings is 2. The van der Waals surface area contributed by atoms with Crippen molar-refractivity contribution in [3.63, 3.8) is 0 Å². The molecular weight excluding hydrogens is 375 g/mol. The summed E-state index contributed by atoms with van der Waals surface area (Å²) in [5, 5.41) is 11.7. The predicted octanol–water partition coefficient (Wildman–Crippen LogP) is 3.27. The zero-order valence-electron chi connectivity index (χ0n) is 14.6. The molecule has 3 amide bonds. The van der Waals surface area contributed by atoms with Crippen molar-refractivity contribution in [1.82, 2.24) is 10.2 Å². The number of ether oxygens (including phenoxy) is 1. The second-order valence-corrected chi connectivity index (χ2v) is 6.26. The Morgan fingerprint density at radius 3 is 2.50 bits per heavy atom. The van der Waals surface area contributed by atoms with Crippen LogP contribution in [0.3, 0.4) is 0 Å². The number of rotatable bonds is 5. The number of carbonyl (C=O) groups excluding carboxylic acids is 2. The van der Waals surface area contributed by atoms with Gasteiger partial charge in [-0.3, -0.25) is 9.69 Å². The molecule has 1 fully saturated rings. The number of nitriles is 1. The molecular formula is C19H14F3N3O3. The first-order valence-corrected chi connectivity index (χ1v) is 8.12. The van der Waals surface area contributed by atoms with Crippen molar-refractivity contribution in [1.29, 1.82) is 5.26 Å². The number of urea groups is 1. The molecule has 0 bridgehead atoms. The summed E-state index contributed by atoms with van der Waals surface area (Å²) in [5.41, 5.74) is -0.720. The fourth-order valence-corrected chi connectivity index (χ4v) is 2.97. The molecule has 1 aliphatic rings. The Kier molecular flexibility index (Phi) is 4.96. The predicted molar refractivity (Wildman–Crippen MR) is 90.6 cm³/mol. The van der Waals surface area contributed by atoms with Crippen LogP contribution in [0.25, 0.3) is 0 Å². The lowest BCUT2D eigenvalue weighted by Crippen LogP contribution is -2.40. The van der Waals surface area contributed by atoms with Crippen LogP contribution in [0.2, 0.25) is 0 Å². The number of hydrogen-bond donors (Lipinski definition) is 1. The molecule has 1 saturated heterocycles. The van der Waals surface area contributed by atoms with E-state index in [0.717, 1.165) is 17.0 Å². The molecule has 2 aromatic carbocycles. The lowest BCUT2D eigenvalue weighted by Gasteiger charge is -2.22. The van der Waals surface area contributed by atoms with Crippen LogP contribution in [-0.2, 0) is 16.9 Å². The van der Waals surface area contributed by atoms with E-state index >= 15 is 0 Å². The Morgan fingerprint density at radius 1 is 1.21 bits per heavy atom. The molecule has 9 heteroatoms. The molecule has 1 N–H and O–H groups in total. The normalized spacial score (nSPS) is 18.9. The molecule has 0 aliphatic carbocycles. The lowest BCUT2D eigenvalue weighted by atomic mass is 9.92. The van der Waals surface area contributed by atoms with Crippen LogP contribution in [-0.4, -0.2) is 23.4 Å². The minimum Gasteiger partial charge on any atom is -0.435 e. The van der Waals surface area contributed by atoms with Gasteiger partial charge in [0.1, 0.15) is 17.1 Å². The number of carbonyl (C=O) groups is 2. The zero-order chi connectivity index (χ0) is 20.5. The van der Waals surface area contributed by atoms with E-state index in [0.29, 0.717) is 11.1 Å². The molecule has 1 aliphatic heterocycles. The van der Waals surface area contributed by atoms with Crippen molar-refractivity contribution in [2.75, 3.05) is 0 Å². The van der Waals surface area contributed by atoms with E-state index in [1.54, 1.807) is 0 Å². The van der Waals surface area contributed by atoms with Gasteiger partial charge in [0.2, 0.25) is 0 Å². The Balaban J connectivity index is 1.86. The summed E-state index contributed by atoms with van der Waals surface area (Å²) in [6.45, 7) is -1.71. The second-order valence-electron chi connectivity index (χ2n) is 6.26.